The van der Waals surface area contributed by atoms with Gasteiger partial charge in [-0.15, -0.1) is 0 Å². The molecule has 1 heterocycles. The summed E-state index contributed by atoms with van der Waals surface area (Å²) >= 11 is 1.80. The lowest BCUT2D eigenvalue weighted by molar-refractivity contribution is 0.554. The first-order chi connectivity index (χ1) is 9.56. The Morgan fingerprint density at radius 1 is 1.40 bits per heavy atom. The maximum absolute atomic E-state index is 12.3. The van der Waals surface area contributed by atoms with Gasteiger partial charge in [0.25, 0.3) is 0 Å². The van der Waals surface area contributed by atoms with Crippen molar-refractivity contribution < 1.29 is 8.42 Å². The van der Waals surface area contributed by atoms with Crippen LogP contribution in [0.25, 0.3) is 0 Å². The summed E-state index contributed by atoms with van der Waals surface area (Å²) in [6, 6.07) is -0.0164. The number of hydrazine groups is 1. The van der Waals surface area contributed by atoms with Gasteiger partial charge in [-0.3, -0.25) is 5.43 Å². The summed E-state index contributed by atoms with van der Waals surface area (Å²) in [5.41, 5.74) is 2.26. The summed E-state index contributed by atoms with van der Waals surface area (Å²) in [5.74, 6) is 6.32. The van der Waals surface area contributed by atoms with Crippen LogP contribution in [0.3, 0.4) is 0 Å². The number of thioether (sulfide) groups is 1. The molecule has 1 fully saturated rings. The van der Waals surface area contributed by atoms with Crippen LogP contribution in [-0.4, -0.2) is 35.4 Å². The Morgan fingerprint density at radius 2 is 2.10 bits per heavy atom. The largest absolute Gasteiger partial charge is 0.292 e. The van der Waals surface area contributed by atoms with Gasteiger partial charge in [0.1, 0.15) is 4.90 Å². The summed E-state index contributed by atoms with van der Waals surface area (Å²) in [6.45, 7) is 2.08. The number of hydrogen-bond donors (Lipinski definition) is 3. The van der Waals surface area contributed by atoms with Crippen molar-refractivity contribution in [2.75, 3.05) is 11.2 Å². The fourth-order valence-corrected chi connectivity index (χ4v) is 4.76. The molecule has 1 aromatic rings. The van der Waals surface area contributed by atoms with Gasteiger partial charge in [-0.2, -0.15) is 11.8 Å². The monoisotopic (exact) mass is 317 g/mol. The van der Waals surface area contributed by atoms with Crippen LogP contribution in [0, 0.1) is 0 Å². The molecule has 9 heteroatoms. The Hall–Kier alpha value is -0.900. The quantitative estimate of drug-likeness (QED) is 0.523. The van der Waals surface area contributed by atoms with Gasteiger partial charge in [-0.1, -0.05) is 13.3 Å². The van der Waals surface area contributed by atoms with E-state index >= 15 is 0 Å². The Kier molecular flexibility index (Phi) is 5.19. The van der Waals surface area contributed by atoms with E-state index in [4.69, 9.17) is 5.84 Å². The van der Waals surface area contributed by atoms with E-state index in [2.05, 4.69) is 27.0 Å². The van der Waals surface area contributed by atoms with Crippen molar-refractivity contribution in [3.05, 3.63) is 12.4 Å². The number of nitrogens with zero attached hydrogens (tertiary/aromatic N) is 2. The van der Waals surface area contributed by atoms with E-state index in [-0.39, 0.29) is 16.9 Å². The van der Waals surface area contributed by atoms with Crippen molar-refractivity contribution in [3.8, 4) is 0 Å². The van der Waals surface area contributed by atoms with Crippen LogP contribution in [0.1, 0.15) is 26.2 Å². The van der Waals surface area contributed by atoms with Gasteiger partial charge in [0.15, 0.2) is 0 Å². The molecule has 7 nitrogen and oxygen atoms in total. The van der Waals surface area contributed by atoms with Gasteiger partial charge < -0.3 is 0 Å². The lowest BCUT2D eigenvalue weighted by atomic mass is 10.3. The molecular formula is C11H19N5O2S2. The third kappa shape index (κ3) is 3.60. The van der Waals surface area contributed by atoms with Crippen LogP contribution in [0.2, 0.25) is 0 Å². The molecule has 1 saturated carbocycles. The maximum atomic E-state index is 12.3. The summed E-state index contributed by atoms with van der Waals surface area (Å²) in [4.78, 5) is 7.70. The summed E-state index contributed by atoms with van der Waals surface area (Å²) < 4.78 is 27.3. The molecule has 0 saturated heterocycles. The van der Waals surface area contributed by atoms with Crippen LogP contribution in [0.5, 0.6) is 0 Å². The minimum absolute atomic E-state index is 0.0164. The van der Waals surface area contributed by atoms with Crippen LogP contribution in [-0.2, 0) is 10.0 Å². The molecule has 0 amide bonds. The number of anilines is 1. The lowest BCUT2D eigenvalue weighted by Crippen LogP contribution is -2.38. The summed E-state index contributed by atoms with van der Waals surface area (Å²) in [6.07, 6.45) is 5.48. The summed E-state index contributed by atoms with van der Waals surface area (Å²) in [5, 5.41) is 0.348. The average molecular weight is 317 g/mol. The van der Waals surface area contributed by atoms with Crippen molar-refractivity contribution in [1.82, 2.24) is 14.7 Å². The first-order valence-electron chi connectivity index (χ1n) is 6.49. The SMILES string of the molecule is CCSC1CCCC1NS(=O)(=O)c1cnc(NN)nc1. The Labute approximate surface area is 123 Å². The minimum Gasteiger partial charge on any atom is -0.292 e. The van der Waals surface area contributed by atoms with E-state index in [0.717, 1.165) is 25.0 Å². The first-order valence-corrected chi connectivity index (χ1v) is 9.02. The number of aromatic nitrogens is 2. The Balaban J connectivity index is 2.09. The van der Waals surface area contributed by atoms with Gasteiger partial charge in [0.05, 0.1) is 12.4 Å². The highest BCUT2D eigenvalue weighted by molar-refractivity contribution is 8.00. The molecule has 4 N–H and O–H groups in total. The standard InChI is InChI=1S/C11H19N5O2S2/c1-2-19-10-5-3-4-9(10)16-20(17,18)8-6-13-11(15-12)14-7-8/h6-7,9-10,16H,2-5,12H2,1H3,(H,13,14,15). The molecule has 1 aliphatic carbocycles. The molecular weight excluding hydrogens is 298 g/mol. The molecule has 112 valence electrons. The number of sulfonamides is 1. The normalized spacial score (nSPS) is 22.9. The number of hydrogen-bond acceptors (Lipinski definition) is 7. The molecule has 2 atom stereocenters. The van der Waals surface area contributed by atoms with E-state index < -0.39 is 10.0 Å². The highest BCUT2D eigenvalue weighted by Crippen LogP contribution is 2.30. The van der Waals surface area contributed by atoms with Crippen molar-refractivity contribution in [1.29, 1.82) is 0 Å². The number of nitrogens with one attached hydrogen (secondary N) is 2. The highest BCUT2D eigenvalue weighted by atomic mass is 32.2. The number of rotatable bonds is 6. The van der Waals surface area contributed by atoms with Crippen molar-refractivity contribution >= 4 is 27.7 Å². The molecule has 0 spiro atoms. The fraction of sp³-hybridized carbons (Fsp3) is 0.636. The predicted octanol–water partition coefficient (Wildman–Crippen LogP) is 0.715. The van der Waals surface area contributed by atoms with Gasteiger partial charge in [-0.25, -0.2) is 29.0 Å². The van der Waals surface area contributed by atoms with Crippen LogP contribution in [0.15, 0.2) is 17.3 Å². The van der Waals surface area contributed by atoms with Crippen molar-refractivity contribution in [3.63, 3.8) is 0 Å². The molecule has 0 aliphatic heterocycles. The predicted molar refractivity (Wildman–Crippen MR) is 79.7 cm³/mol. The molecule has 0 bridgehead atoms. The van der Waals surface area contributed by atoms with E-state index in [9.17, 15) is 8.42 Å². The maximum Gasteiger partial charge on any atom is 0.243 e. The zero-order valence-corrected chi connectivity index (χ0v) is 12.9. The van der Waals surface area contributed by atoms with E-state index in [1.165, 1.54) is 12.4 Å². The summed E-state index contributed by atoms with van der Waals surface area (Å²) in [7, 11) is -3.58. The number of nitrogen functional groups attached to an aromatic ring is 1. The molecule has 2 rings (SSSR count). The Bertz CT molecular complexity index is 534. The van der Waals surface area contributed by atoms with E-state index in [0.29, 0.717) is 5.25 Å². The van der Waals surface area contributed by atoms with Gasteiger partial charge in [0.2, 0.25) is 16.0 Å². The molecule has 2 unspecified atom stereocenters. The van der Waals surface area contributed by atoms with Gasteiger partial charge in [0, 0.05) is 11.3 Å². The smallest absolute Gasteiger partial charge is 0.243 e. The van der Waals surface area contributed by atoms with Crippen LogP contribution < -0.4 is 16.0 Å². The minimum atomic E-state index is -3.58. The zero-order valence-electron chi connectivity index (χ0n) is 11.2. The fourth-order valence-electron chi connectivity index (χ4n) is 2.27. The second-order valence-electron chi connectivity index (χ2n) is 4.54. The third-order valence-corrected chi connectivity index (χ3v) is 5.98. The molecule has 1 aliphatic rings. The van der Waals surface area contributed by atoms with Crippen molar-refractivity contribution in [2.24, 2.45) is 5.84 Å². The second kappa shape index (κ2) is 6.70. The lowest BCUT2D eigenvalue weighted by Gasteiger charge is -2.19. The second-order valence-corrected chi connectivity index (χ2v) is 7.77. The van der Waals surface area contributed by atoms with Crippen LogP contribution in [0.4, 0.5) is 5.95 Å². The average Bonchev–Trinajstić information content (AvgIpc) is 2.86. The molecule has 1 aromatic heterocycles. The van der Waals surface area contributed by atoms with Gasteiger partial charge in [-0.05, 0) is 18.6 Å². The Morgan fingerprint density at radius 3 is 2.70 bits per heavy atom. The topological polar surface area (TPSA) is 110 Å². The van der Waals surface area contributed by atoms with Gasteiger partial charge >= 0.3 is 0 Å². The molecule has 20 heavy (non-hydrogen) atoms. The van der Waals surface area contributed by atoms with E-state index in [1.807, 2.05) is 0 Å². The molecule has 0 radical (unpaired) electrons. The molecule has 0 aromatic carbocycles. The third-order valence-electron chi connectivity index (χ3n) is 3.21. The van der Waals surface area contributed by atoms with Crippen molar-refractivity contribution in [2.45, 2.75) is 42.4 Å². The first kappa shape index (κ1) is 15.5. The van der Waals surface area contributed by atoms with E-state index in [1.54, 1.807) is 11.8 Å². The zero-order chi connectivity index (χ0) is 14.6. The van der Waals surface area contributed by atoms with Crippen LogP contribution >= 0.6 is 11.8 Å². The highest BCUT2D eigenvalue weighted by Gasteiger charge is 2.31. The number of nitrogens with two attached hydrogens (primary N) is 1.